The average Bonchev–Trinajstić information content (AvgIpc) is 2.82. The van der Waals surface area contributed by atoms with E-state index in [1.165, 1.54) is 10.9 Å². The van der Waals surface area contributed by atoms with Gasteiger partial charge in [-0.15, -0.1) is 0 Å². The fourth-order valence-corrected chi connectivity index (χ4v) is 2.85. The third-order valence-electron chi connectivity index (χ3n) is 3.85. The van der Waals surface area contributed by atoms with E-state index in [0.717, 1.165) is 23.1 Å². The number of hydrogen-bond donors (Lipinski definition) is 2. The Hall–Kier alpha value is -2.49. The van der Waals surface area contributed by atoms with E-state index in [2.05, 4.69) is 35.0 Å². The van der Waals surface area contributed by atoms with E-state index in [1.807, 2.05) is 24.3 Å². The van der Waals surface area contributed by atoms with Crippen molar-refractivity contribution in [3.63, 3.8) is 0 Å². The summed E-state index contributed by atoms with van der Waals surface area (Å²) in [5.74, 6) is -0.855. The first-order valence-electron chi connectivity index (χ1n) is 7.12. The van der Waals surface area contributed by atoms with Crippen molar-refractivity contribution in [3.05, 3.63) is 42.5 Å². The molecule has 0 amide bonds. The zero-order valence-electron chi connectivity index (χ0n) is 12.1. The Morgan fingerprint density at radius 3 is 2.62 bits per heavy atom. The summed E-state index contributed by atoms with van der Waals surface area (Å²) in [6, 6.07) is 13.6. The van der Waals surface area contributed by atoms with Gasteiger partial charge in [0.1, 0.15) is 6.04 Å². The number of para-hydroxylation sites is 2. The highest BCUT2D eigenvalue weighted by molar-refractivity contribution is 6.12. The number of aliphatic carboxylic acids is 1. The molecular weight excluding hydrogens is 264 g/mol. The van der Waals surface area contributed by atoms with Crippen LogP contribution in [0.3, 0.4) is 0 Å². The van der Waals surface area contributed by atoms with E-state index in [4.69, 9.17) is 5.11 Å². The van der Waals surface area contributed by atoms with Gasteiger partial charge in [-0.05, 0) is 26.0 Å². The molecule has 0 aliphatic rings. The maximum absolute atomic E-state index is 11.1. The number of carbonyl (C=O) groups is 1. The molecule has 0 unspecified atom stereocenters. The Labute approximate surface area is 123 Å². The monoisotopic (exact) mass is 282 g/mol. The van der Waals surface area contributed by atoms with Crippen LogP contribution < -0.4 is 5.32 Å². The van der Waals surface area contributed by atoms with Gasteiger partial charge in [0, 0.05) is 22.8 Å². The minimum absolute atomic E-state index is 0.626. The molecule has 0 bridgehead atoms. The van der Waals surface area contributed by atoms with Crippen LogP contribution in [-0.4, -0.2) is 21.7 Å². The molecule has 108 valence electrons. The van der Waals surface area contributed by atoms with Crippen molar-refractivity contribution < 1.29 is 9.90 Å². The van der Waals surface area contributed by atoms with Gasteiger partial charge in [-0.3, -0.25) is 4.79 Å². The van der Waals surface area contributed by atoms with Gasteiger partial charge in [0.2, 0.25) is 0 Å². The lowest BCUT2D eigenvalue weighted by Gasteiger charge is -2.14. The summed E-state index contributed by atoms with van der Waals surface area (Å²) in [6.45, 7) is 4.59. The molecule has 21 heavy (non-hydrogen) atoms. The standard InChI is InChI=1S/C17H18N2O2/c1-3-19-15-10-5-4-7-12(15)13-8-6-9-14(16(13)19)18-11(2)17(20)21/h4-11,18H,3H2,1-2H3,(H,20,21)/t11-/m0/s1. The first kappa shape index (κ1) is 13.5. The molecule has 0 saturated heterocycles. The summed E-state index contributed by atoms with van der Waals surface area (Å²) in [4.78, 5) is 11.1. The lowest BCUT2D eigenvalue weighted by Crippen LogP contribution is -2.25. The van der Waals surface area contributed by atoms with Crippen LogP contribution in [0.1, 0.15) is 13.8 Å². The molecule has 4 heteroatoms. The van der Waals surface area contributed by atoms with Crippen LogP contribution in [0.25, 0.3) is 21.8 Å². The van der Waals surface area contributed by atoms with Crippen LogP contribution in [0, 0.1) is 0 Å². The molecule has 4 nitrogen and oxygen atoms in total. The number of benzene rings is 2. The summed E-state index contributed by atoms with van der Waals surface area (Å²) in [5.41, 5.74) is 3.10. The lowest BCUT2D eigenvalue weighted by molar-refractivity contribution is -0.137. The number of carboxylic acid groups (broad SMARTS) is 1. The highest BCUT2D eigenvalue weighted by atomic mass is 16.4. The van der Waals surface area contributed by atoms with Gasteiger partial charge < -0.3 is 15.0 Å². The second kappa shape index (κ2) is 5.13. The van der Waals surface area contributed by atoms with Crippen molar-refractivity contribution in [2.75, 3.05) is 5.32 Å². The van der Waals surface area contributed by atoms with E-state index < -0.39 is 12.0 Å². The predicted molar refractivity (Wildman–Crippen MR) is 85.8 cm³/mol. The smallest absolute Gasteiger partial charge is 0.325 e. The molecule has 2 aromatic carbocycles. The normalized spacial score (nSPS) is 12.7. The fraction of sp³-hybridized carbons (Fsp3) is 0.235. The quantitative estimate of drug-likeness (QED) is 0.767. The van der Waals surface area contributed by atoms with Gasteiger partial charge in [0.25, 0.3) is 0 Å². The Morgan fingerprint density at radius 2 is 1.90 bits per heavy atom. The largest absolute Gasteiger partial charge is 0.480 e. The van der Waals surface area contributed by atoms with Crippen LogP contribution in [0.2, 0.25) is 0 Å². The predicted octanol–water partition coefficient (Wildman–Crippen LogP) is 3.70. The van der Waals surface area contributed by atoms with Crippen molar-refractivity contribution in [2.24, 2.45) is 0 Å². The fourth-order valence-electron chi connectivity index (χ4n) is 2.85. The minimum Gasteiger partial charge on any atom is -0.480 e. The van der Waals surface area contributed by atoms with E-state index >= 15 is 0 Å². The summed E-state index contributed by atoms with van der Waals surface area (Å²) < 4.78 is 2.22. The number of carboxylic acids is 1. The third kappa shape index (κ3) is 2.13. The summed E-state index contributed by atoms with van der Waals surface area (Å²) in [6.07, 6.45) is 0. The molecule has 0 spiro atoms. The SMILES string of the molecule is CCn1c2ccccc2c2cccc(N[C@@H](C)C(=O)O)c21. The van der Waals surface area contributed by atoms with E-state index in [-0.39, 0.29) is 0 Å². The van der Waals surface area contributed by atoms with Gasteiger partial charge in [-0.1, -0.05) is 30.3 Å². The molecule has 1 aromatic heterocycles. The van der Waals surface area contributed by atoms with E-state index in [9.17, 15) is 4.79 Å². The first-order valence-corrected chi connectivity index (χ1v) is 7.12. The van der Waals surface area contributed by atoms with Crippen LogP contribution in [0.15, 0.2) is 42.5 Å². The van der Waals surface area contributed by atoms with Crippen molar-refractivity contribution in [3.8, 4) is 0 Å². The third-order valence-corrected chi connectivity index (χ3v) is 3.85. The van der Waals surface area contributed by atoms with Gasteiger partial charge in [-0.2, -0.15) is 0 Å². The number of anilines is 1. The second-order valence-electron chi connectivity index (χ2n) is 5.17. The number of nitrogens with zero attached hydrogens (tertiary/aromatic N) is 1. The first-order chi connectivity index (χ1) is 10.1. The molecule has 2 N–H and O–H groups in total. The van der Waals surface area contributed by atoms with E-state index in [0.29, 0.717) is 0 Å². The van der Waals surface area contributed by atoms with Crippen LogP contribution in [-0.2, 0) is 11.3 Å². The van der Waals surface area contributed by atoms with Crippen LogP contribution in [0.4, 0.5) is 5.69 Å². The number of aryl methyl sites for hydroxylation is 1. The van der Waals surface area contributed by atoms with Crippen LogP contribution >= 0.6 is 0 Å². The van der Waals surface area contributed by atoms with Gasteiger partial charge in [0.05, 0.1) is 11.2 Å². The highest BCUT2D eigenvalue weighted by Gasteiger charge is 2.16. The highest BCUT2D eigenvalue weighted by Crippen LogP contribution is 2.33. The Bertz CT molecular complexity index is 820. The zero-order chi connectivity index (χ0) is 15.0. The summed E-state index contributed by atoms with van der Waals surface area (Å²) in [5, 5.41) is 14.6. The lowest BCUT2D eigenvalue weighted by atomic mass is 10.1. The molecule has 1 atom stereocenters. The number of aromatic nitrogens is 1. The molecule has 0 radical (unpaired) electrons. The van der Waals surface area contributed by atoms with E-state index in [1.54, 1.807) is 6.92 Å². The Balaban J connectivity index is 2.29. The molecule has 0 aliphatic heterocycles. The van der Waals surface area contributed by atoms with Crippen molar-refractivity contribution >= 4 is 33.5 Å². The molecule has 3 rings (SSSR count). The maximum Gasteiger partial charge on any atom is 0.325 e. The number of fused-ring (bicyclic) bond motifs is 3. The number of nitrogens with one attached hydrogen (secondary N) is 1. The Kier molecular flexibility index (Phi) is 3.29. The maximum atomic E-state index is 11.1. The zero-order valence-corrected chi connectivity index (χ0v) is 12.1. The average molecular weight is 282 g/mol. The van der Waals surface area contributed by atoms with Crippen molar-refractivity contribution in [1.29, 1.82) is 0 Å². The Morgan fingerprint density at radius 1 is 1.19 bits per heavy atom. The number of hydrogen-bond acceptors (Lipinski definition) is 2. The summed E-state index contributed by atoms with van der Waals surface area (Å²) >= 11 is 0. The molecule has 0 aliphatic carbocycles. The van der Waals surface area contributed by atoms with Gasteiger partial charge in [-0.25, -0.2) is 0 Å². The molecule has 0 saturated carbocycles. The van der Waals surface area contributed by atoms with Crippen molar-refractivity contribution in [2.45, 2.75) is 26.4 Å². The molecule has 0 fully saturated rings. The van der Waals surface area contributed by atoms with Gasteiger partial charge >= 0.3 is 5.97 Å². The summed E-state index contributed by atoms with van der Waals surface area (Å²) in [7, 11) is 0. The van der Waals surface area contributed by atoms with Crippen molar-refractivity contribution in [1.82, 2.24) is 4.57 Å². The van der Waals surface area contributed by atoms with Crippen LogP contribution in [0.5, 0.6) is 0 Å². The second-order valence-corrected chi connectivity index (χ2v) is 5.17. The minimum atomic E-state index is -0.855. The number of rotatable bonds is 4. The topological polar surface area (TPSA) is 54.3 Å². The molecule has 1 heterocycles. The molecule has 3 aromatic rings. The van der Waals surface area contributed by atoms with Gasteiger partial charge in [0.15, 0.2) is 0 Å². The molecular formula is C17H18N2O2.